The summed E-state index contributed by atoms with van der Waals surface area (Å²) in [6.07, 6.45) is 1.89. The van der Waals surface area contributed by atoms with E-state index in [4.69, 9.17) is 0 Å². The van der Waals surface area contributed by atoms with Crippen molar-refractivity contribution in [1.82, 2.24) is 5.32 Å². The van der Waals surface area contributed by atoms with E-state index in [9.17, 15) is 4.79 Å². The van der Waals surface area contributed by atoms with Crippen LogP contribution >= 0.6 is 11.8 Å². The number of rotatable bonds is 2. The zero-order chi connectivity index (χ0) is 16.4. The first-order chi connectivity index (χ1) is 11.0. The number of thioether (sulfide) groups is 1. The minimum Gasteiger partial charge on any atom is -0.300 e. The third-order valence-electron chi connectivity index (χ3n) is 3.61. The quantitative estimate of drug-likeness (QED) is 0.827. The Morgan fingerprint density at radius 3 is 2.43 bits per heavy atom. The maximum absolute atomic E-state index is 12.1. The number of aliphatic imine (C=N–C) groups is 1. The summed E-state index contributed by atoms with van der Waals surface area (Å²) < 4.78 is 0. The summed E-state index contributed by atoms with van der Waals surface area (Å²) >= 11 is 1.38. The molecule has 116 valence electrons. The lowest BCUT2D eigenvalue weighted by Crippen LogP contribution is -2.19. The van der Waals surface area contributed by atoms with Crippen molar-refractivity contribution < 1.29 is 4.79 Å². The Kier molecular flexibility index (Phi) is 4.35. The Morgan fingerprint density at radius 1 is 1.00 bits per heavy atom. The Morgan fingerprint density at radius 2 is 1.70 bits per heavy atom. The first-order valence-electron chi connectivity index (χ1n) is 7.45. The van der Waals surface area contributed by atoms with Crippen LogP contribution in [0.4, 0.5) is 5.69 Å². The van der Waals surface area contributed by atoms with Crippen molar-refractivity contribution in [2.75, 3.05) is 0 Å². The molecule has 3 rings (SSSR count). The van der Waals surface area contributed by atoms with E-state index in [2.05, 4.69) is 16.4 Å². The molecule has 2 aromatic rings. The van der Waals surface area contributed by atoms with Gasteiger partial charge in [0.05, 0.1) is 10.6 Å². The molecule has 23 heavy (non-hydrogen) atoms. The number of nitrogens with zero attached hydrogens (tertiary/aromatic N) is 1. The molecule has 0 aliphatic carbocycles. The van der Waals surface area contributed by atoms with Gasteiger partial charge in [-0.1, -0.05) is 42.0 Å². The Bertz CT molecular complexity index is 820. The molecule has 1 saturated heterocycles. The highest BCUT2D eigenvalue weighted by Crippen LogP contribution is 2.29. The Hall–Kier alpha value is -2.33. The van der Waals surface area contributed by atoms with E-state index in [1.807, 2.05) is 63.2 Å². The lowest BCUT2D eigenvalue weighted by atomic mass is 10.1. The van der Waals surface area contributed by atoms with E-state index in [-0.39, 0.29) is 5.91 Å². The van der Waals surface area contributed by atoms with Gasteiger partial charge in [-0.25, -0.2) is 4.99 Å². The SMILES string of the molecule is Cc1ccc(C=C2SC(=Nc3cc(C)ccc3C)NC2=O)cc1. The van der Waals surface area contributed by atoms with Gasteiger partial charge in [0.15, 0.2) is 5.17 Å². The second kappa shape index (κ2) is 6.42. The Labute approximate surface area is 140 Å². The van der Waals surface area contributed by atoms with E-state index in [1.165, 1.54) is 17.3 Å². The van der Waals surface area contributed by atoms with Gasteiger partial charge in [0.2, 0.25) is 0 Å². The van der Waals surface area contributed by atoms with Crippen LogP contribution < -0.4 is 5.32 Å². The average molecular weight is 322 g/mol. The fraction of sp³-hybridized carbons (Fsp3) is 0.158. The van der Waals surface area contributed by atoms with Crippen LogP contribution in [-0.2, 0) is 4.79 Å². The molecule has 0 atom stereocenters. The van der Waals surface area contributed by atoms with E-state index in [0.29, 0.717) is 10.1 Å². The van der Waals surface area contributed by atoms with Gasteiger partial charge in [0, 0.05) is 0 Å². The second-order valence-electron chi connectivity index (χ2n) is 5.68. The monoisotopic (exact) mass is 322 g/mol. The van der Waals surface area contributed by atoms with Gasteiger partial charge < -0.3 is 5.32 Å². The molecule has 1 fully saturated rings. The third kappa shape index (κ3) is 3.71. The molecule has 4 heteroatoms. The molecule has 0 spiro atoms. The first kappa shape index (κ1) is 15.6. The molecule has 0 unspecified atom stereocenters. The fourth-order valence-electron chi connectivity index (χ4n) is 2.24. The molecule has 1 heterocycles. The summed E-state index contributed by atoms with van der Waals surface area (Å²) in [6, 6.07) is 14.2. The van der Waals surface area contributed by atoms with Gasteiger partial charge >= 0.3 is 0 Å². The average Bonchev–Trinajstić information content (AvgIpc) is 2.85. The molecule has 0 aromatic heterocycles. The predicted octanol–water partition coefficient (Wildman–Crippen LogP) is 4.50. The summed E-state index contributed by atoms with van der Waals surface area (Å²) in [5.41, 5.74) is 5.35. The predicted molar refractivity (Wildman–Crippen MR) is 97.9 cm³/mol. The zero-order valence-corrected chi connectivity index (χ0v) is 14.2. The van der Waals surface area contributed by atoms with Crippen LogP contribution in [0.1, 0.15) is 22.3 Å². The van der Waals surface area contributed by atoms with Gasteiger partial charge in [-0.15, -0.1) is 0 Å². The maximum atomic E-state index is 12.1. The Balaban J connectivity index is 1.86. The lowest BCUT2D eigenvalue weighted by molar-refractivity contribution is -0.115. The van der Waals surface area contributed by atoms with Gasteiger partial charge in [-0.3, -0.25) is 4.79 Å². The van der Waals surface area contributed by atoms with Gasteiger partial charge in [-0.2, -0.15) is 0 Å². The number of nitrogens with one attached hydrogen (secondary N) is 1. The van der Waals surface area contributed by atoms with Gasteiger partial charge in [0.25, 0.3) is 5.91 Å². The van der Waals surface area contributed by atoms with Crippen LogP contribution in [0.15, 0.2) is 52.4 Å². The molecule has 1 aliphatic rings. The number of aryl methyl sites for hydroxylation is 3. The van der Waals surface area contributed by atoms with Gasteiger partial charge in [-0.05, 0) is 61.4 Å². The van der Waals surface area contributed by atoms with Crippen molar-refractivity contribution >= 4 is 34.6 Å². The number of hydrogen-bond acceptors (Lipinski definition) is 3. The second-order valence-corrected chi connectivity index (χ2v) is 6.71. The fourth-order valence-corrected chi connectivity index (χ4v) is 3.08. The number of carbonyl (C=O) groups is 1. The summed E-state index contributed by atoms with van der Waals surface area (Å²) in [5.74, 6) is -0.0976. The van der Waals surface area contributed by atoms with Crippen molar-refractivity contribution in [3.63, 3.8) is 0 Å². The first-order valence-corrected chi connectivity index (χ1v) is 8.26. The third-order valence-corrected chi connectivity index (χ3v) is 4.52. The van der Waals surface area contributed by atoms with Crippen molar-refractivity contribution in [1.29, 1.82) is 0 Å². The van der Waals surface area contributed by atoms with E-state index in [0.717, 1.165) is 22.4 Å². The number of hydrogen-bond donors (Lipinski definition) is 1. The highest BCUT2D eigenvalue weighted by atomic mass is 32.2. The maximum Gasteiger partial charge on any atom is 0.264 e. The summed E-state index contributed by atoms with van der Waals surface area (Å²) in [5, 5.41) is 3.46. The molecule has 0 radical (unpaired) electrons. The number of amidine groups is 1. The number of benzene rings is 2. The molecule has 0 saturated carbocycles. The minimum atomic E-state index is -0.0976. The summed E-state index contributed by atoms with van der Waals surface area (Å²) in [4.78, 5) is 17.4. The molecule has 1 N–H and O–H groups in total. The molecule has 1 aliphatic heterocycles. The molecular formula is C19H18N2OS. The number of amides is 1. The zero-order valence-electron chi connectivity index (χ0n) is 13.4. The molecular weight excluding hydrogens is 304 g/mol. The van der Waals surface area contributed by atoms with E-state index in [1.54, 1.807) is 0 Å². The molecule has 0 bridgehead atoms. The largest absolute Gasteiger partial charge is 0.300 e. The van der Waals surface area contributed by atoms with E-state index >= 15 is 0 Å². The van der Waals surface area contributed by atoms with Crippen LogP contribution in [0, 0.1) is 20.8 Å². The van der Waals surface area contributed by atoms with Crippen LogP contribution in [0.2, 0.25) is 0 Å². The van der Waals surface area contributed by atoms with Crippen molar-refractivity contribution in [3.05, 3.63) is 69.6 Å². The van der Waals surface area contributed by atoms with Crippen molar-refractivity contribution in [2.24, 2.45) is 4.99 Å². The molecule has 2 aromatic carbocycles. The topological polar surface area (TPSA) is 41.5 Å². The highest BCUT2D eigenvalue weighted by molar-refractivity contribution is 8.18. The lowest BCUT2D eigenvalue weighted by Gasteiger charge is -2.02. The minimum absolute atomic E-state index is 0.0976. The van der Waals surface area contributed by atoms with Crippen LogP contribution in [0.3, 0.4) is 0 Å². The summed E-state index contributed by atoms with van der Waals surface area (Å²) in [7, 11) is 0. The van der Waals surface area contributed by atoms with Crippen molar-refractivity contribution in [2.45, 2.75) is 20.8 Å². The molecule has 3 nitrogen and oxygen atoms in total. The summed E-state index contributed by atoms with van der Waals surface area (Å²) in [6.45, 7) is 6.10. The van der Waals surface area contributed by atoms with Crippen molar-refractivity contribution in [3.8, 4) is 0 Å². The van der Waals surface area contributed by atoms with Crippen LogP contribution in [0.25, 0.3) is 6.08 Å². The number of carbonyl (C=O) groups excluding carboxylic acids is 1. The van der Waals surface area contributed by atoms with E-state index < -0.39 is 0 Å². The highest BCUT2D eigenvalue weighted by Gasteiger charge is 2.23. The molecule has 1 amide bonds. The normalized spacial score (nSPS) is 17.8. The standard InChI is InChI=1S/C19H18N2OS/c1-12-5-8-15(9-6-12)11-17-18(22)21-19(23-17)20-16-10-13(2)4-7-14(16)3/h4-11H,1-3H3,(H,20,21,22). The smallest absolute Gasteiger partial charge is 0.264 e. The van der Waals surface area contributed by atoms with Crippen LogP contribution in [-0.4, -0.2) is 11.1 Å². The van der Waals surface area contributed by atoms with Crippen LogP contribution in [0.5, 0.6) is 0 Å². The van der Waals surface area contributed by atoms with Gasteiger partial charge in [0.1, 0.15) is 0 Å².